The second-order valence-corrected chi connectivity index (χ2v) is 7.28. The number of aryl methyl sites for hydroxylation is 1. The standard InChI is InChI=1S/C18H27BO4/c1-17(2)18(3,4)23-19(22-17)15-12-10-14(11-13-15)8-6-5-7-9-16(20)21/h10-13H,5-9H2,1-4H3,(H,20,21). The van der Waals surface area contributed by atoms with Crippen LogP contribution in [0.1, 0.15) is 58.9 Å². The number of benzene rings is 1. The van der Waals surface area contributed by atoms with Gasteiger partial charge in [0, 0.05) is 6.42 Å². The third-order valence-corrected chi connectivity index (χ3v) is 4.86. The summed E-state index contributed by atoms with van der Waals surface area (Å²) in [5.41, 5.74) is 1.67. The molecule has 4 nitrogen and oxygen atoms in total. The van der Waals surface area contributed by atoms with Crippen molar-refractivity contribution in [1.29, 1.82) is 0 Å². The molecule has 1 heterocycles. The normalized spacial score (nSPS) is 19.0. The van der Waals surface area contributed by atoms with Crippen LogP contribution in [0.2, 0.25) is 0 Å². The van der Waals surface area contributed by atoms with Crippen LogP contribution >= 0.6 is 0 Å². The van der Waals surface area contributed by atoms with E-state index < -0.39 is 5.97 Å². The topological polar surface area (TPSA) is 55.8 Å². The van der Waals surface area contributed by atoms with Crippen molar-refractivity contribution in [3.63, 3.8) is 0 Å². The lowest BCUT2D eigenvalue weighted by Gasteiger charge is -2.32. The lowest BCUT2D eigenvalue weighted by Crippen LogP contribution is -2.41. The third-order valence-electron chi connectivity index (χ3n) is 4.86. The summed E-state index contributed by atoms with van der Waals surface area (Å²) in [7, 11) is -0.315. The summed E-state index contributed by atoms with van der Waals surface area (Å²) in [5.74, 6) is -0.711. The molecule has 1 aliphatic rings. The maximum atomic E-state index is 10.5. The van der Waals surface area contributed by atoms with E-state index in [9.17, 15) is 4.79 Å². The maximum Gasteiger partial charge on any atom is 0.494 e. The van der Waals surface area contributed by atoms with Gasteiger partial charge in [-0.2, -0.15) is 0 Å². The first kappa shape index (κ1) is 18.0. The monoisotopic (exact) mass is 318 g/mol. The Bertz CT molecular complexity index is 520. The molecule has 1 N–H and O–H groups in total. The van der Waals surface area contributed by atoms with E-state index in [1.54, 1.807) is 0 Å². The fourth-order valence-electron chi connectivity index (χ4n) is 2.60. The molecule has 1 saturated heterocycles. The predicted molar refractivity (Wildman–Crippen MR) is 92.0 cm³/mol. The molecule has 0 radical (unpaired) electrons. The van der Waals surface area contributed by atoms with Gasteiger partial charge in [0.1, 0.15) is 0 Å². The van der Waals surface area contributed by atoms with E-state index >= 15 is 0 Å². The van der Waals surface area contributed by atoms with Crippen molar-refractivity contribution >= 4 is 18.6 Å². The summed E-state index contributed by atoms with van der Waals surface area (Å²) >= 11 is 0. The Balaban J connectivity index is 1.85. The van der Waals surface area contributed by atoms with Crippen LogP contribution in [0.5, 0.6) is 0 Å². The van der Waals surface area contributed by atoms with Crippen molar-refractivity contribution < 1.29 is 19.2 Å². The predicted octanol–water partition coefficient (Wildman–Crippen LogP) is 3.17. The van der Waals surface area contributed by atoms with E-state index in [-0.39, 0.29) is 24.7 Å². The lowest BCUT2D eigenvalue weighted by molar-refractivity contribution is -0.137. The Hall–Kier alpha value is -1.33. The second-order valence-electron chi connectivity index (χ2n) is 7.28. The van der Waals surface area contributed by atoms with E-state index in [2.05, 4.69) is 52.0 Å². The van der Waals surface area contributed by atoms with Gasteiger partial charge in [-0.15, -0.1) is 0 Å². The van der Waals surface area contributed by atoms with Gasteiger partial charge in [0.25, 0.3) is 0 Å². The average Bonchev–Trinajstić information content (AvgIpc) is 2.67. The number of hydrogen-bond donors (Lipinski definition) is 1. The number of hydrogen-bond acceptors (Lipinski definition) is 3. The van der Waals surface area contributed by atoms with Crippen molar-refractivity contribution in [2.24, 2.45) is 0 Å². The largest absolute Gasteiger partial charge is 0.494 e. The Morgan fingerprint density at radius 1 is 1.00 bits per heavy atom. The van der Waals surface area contributed by atoms with E-state index in [0.717, 1.165) is 31.1 Å². The molecular weight excluding hydrogens is 291 g/mol. The molecule has 1 aromatic rings. The minimum atomic E-state index is -0.711. The molecule has 5 heteroatoms. The summed E-state index contributed by atoms with van der Waals surface area (Å²) in [6, 6.07) is 8.35. The fraction of sp³-hybridized carbons (Fsp3) is 0.611. The van der Waals surface area contributed by atoms with Gasteiger partial charge in [-0.05, 0) is 58.0 Å². The molecule has 126 valence electrons. The van der Waals surface area contributed by atoms with Crippen LogP contribution in [0.3, 0.4) is 0 Å². The highest BCUT2D eigenvalue weighted by Gasteiger charge is 2.51. The quantitative estimate of drug-likeness (QED) is 0.620. The number of carboxylic acid groups (broad SMARTS) is 1. The van der Waals surface area contributed by atoms with Gasteiger partial charge in [-0.25, -0.2) is 0 Å². The average molecular weight is 318 g/mol. The molecule has 2 rings (SSSR count). The Kier molecular flexibility index (Phi) is 5.53. The fourth-order valence-corrected chi connectivity index (χ4v) is 2.60. The second kappa shape index (κ2) is 7.06. The lowest BCUT2D eigenvalue weighted by atomic mass is 9.78. The molecule has 0 atom stereocenters. The highest BCUT2D eigenvalue weighted by Crippen LogP contribution is 2.36. The Labute approximate surface area is 139 Å². The molecule has 0 aliphatic carbocycles. The number of unbranched alkanes of at least 4 members (excludes halogenated alkanes) is 2. The Morgan fingerprint density at radius 3 is 2.09 bits per heavy atom. The SMILES string of the molecule is CC1(C)OB(c2ccc(CCCCCC(=O)O)cc2)OC1(C)C. The first-order valence-corrected chi connectivity index (χ1v) is 8.37. The zero-order chi connectivity index (χ0) is 17.1. The van der Waals surface area contributed by atoms with E-state index in [1.165, 1.54) is 5.56 Å². The summed E-state index contributed by atoms with van der Waals surface area (Å²) < 4.78 is 12.1. The number of aliphatic carboxylic acids is 1. The summed E-state index contributed by atoms with van der Waals surface area (Å²) in [4.78, 5) is 10.5. The first-order valence-electron chi connectivity index (χ1n) is 8.37. The van der Waals surface area contributed by atoms with Crippen molar-refractivity contribution in [2.75, 3.05) is 0 Å². The molecule has 0 aromatic heterocycles. The number of carbonyl (C=O) groups is 1. The molecule has 1 aromatic carbocycles. The van der Waals surface area contributed by atoms with Crippen LogP contribution < -0.4 is 5.46 Å². The molecule has 0 amide bonds. The van der Waals surface area contributed by atoms with E-state index in [4.69, 9.17) is 14.4 Å². The summed E-state index contributed by atoms with van der Waals surface area (Å²) in [6.45, 7) is 8.22. The van der Waals surface area contributed by atoms with Gasteiger partial charge in [0.2, 0.25) is 0 Å². The molecule has 1 fully saturated rings. The molecule has 0 saturated carbocycles. The van der Waals surface area contributed by atoms with Gasteiger partial charge < -0.3 is 14.4 Å². The number of carboxylic acids is 1. The van der Waals surface area contributed by atoms with Crippen LogP contribution in [-0.2, 0) is 20.5 Å². The maximum absolute atomic E-state index is 10.5. The minimum Gasteiger partial charge on any atom is -0.481 e. The molecule has 0 unspecified atom stereocenters. The zero-order valence-corrected chi connectivity index (χ0v) is 14.6. The van der Waals surface area contributed by atoms with E-state index in [1.807, 2.05) is 0 Å². The van der Waals surface area contributed by atoms with E-state index in [0.29, 0.717) is 0 Å². The van der Waals surface area contributed by atoms with Gasteiger partial charge in [0.15, 0.2) is 0 Å². The van der Waals surface area contributed by atoms with Crippen molar-refractivity contribution in [2.45, 2.75) is 71.0 Å². The highest BCUT2D eigenvalue weighted by molar-refractivity contribution is 6.62. The molecule has 0 bridgehead atoms. The third kappa shape index (κ3) is 4.58. The van der Waals surface area contributed by atoms with Gasteiger partial charge >= 0.3 is 13.1 Å². The van der Waals surface area contributed by atoms with Crippen molar-refractivity contribution in [3.8, 4) is 0 Å². The number of rotatable bonds is 7. The van der Waals surface area contributed by atoms with Gasteiger partial charge in [0.05, 0.1) is 11.2 Å². The smallest absolute Gasteiger partial charge is 0.481 e. The van der Waals surface area contributed by atoms with Crippen LogP contribution in [0.4, 0.5) is 0 Å². The zero-order valence-electron chi connectivity index (χ0n) is 14.6. The highest BCUT2D eigenvalue weighted by atomic mass is 16.7. The summed E-state index contributed by atoms with van der Waals surface area (Å²) in [5, 5.41) is 8.61. The van der Waals surface area contributed by atoms with Crippen LogP contribution in [0.25, 0.3) is 0 Å². The molecule has 0 spiro atoms. The van der Waals surface area contributed by atoms with Gasteiger partial charge in [-0.1, -0.05) is 30.7 Å². The molecular formula is C18H27BO4. The van der Waals surface area contributed by atoms with Crippen LogP contribution in [-0.4, -0.2) is 29.4 Å². The van der Waals surface area contributed by atoms with Crippen molar-refractivity contribution in [1.82, 2.24) is 0 Å². The van der Waals surface area contributed by atoms with Crippen LogP contribution in [0, 0.1) is 0 Å². The minimum absolute atomic E-state index is 0.265. The molecule has 23 heavy (non-hydrogen) atoms. The van der Waals surface area contributed by atoms with Crippen LogP contribution in [0.15, 0.2) is 24.3 Å². The first-order chi connectivity index (χ1) is 10.7. The molecule has 1 aliphatic heterocycles. The Morgan fingerprint density at radius 2 is 1.57 bits per heavy atom. The van der Waals surface area contributed by atoms with Gasteiger partial charge in [-0.3, -0.25) is 4.79 Å². The summed E-state index contributed by atoms with van der Waals surface area (Å²) in [6.07, 6.45) is 3.96. The van der Waals surface area contributed by atoms with Crippen molar-refractivity contribution in [3.05, 3.63) is 29.8 Å².